The molecule has 0 radical (unpaired) electrons. The third-order valence-electron chi connectivity index (χ3n) is 3.21. The third kappa shape index (κ3) is 6.74. The van der Waals surface area contributed by atoms with Crippen LogP contribution in [0, 0.1) is 13.8 Å². The van der Waals surface area contributed by atoms with Crippen LogP contribution < -0.4 is 14.8 Å². The predicted octanol–water partition coefficient (Wildman–Crippen LogP) is 3.90. The molecule has 0 saturated heterocycles. The van der Waals surface area contributed by atoms with E-state index in [1.54, 1.807) is 0 Å². The first-order chi connectivity index (χ1) is 11.7. The summed E-state index contributed by atoms with van der Waals surface area (Å²) < 4.78 is 45.4. The van der Waals surface area contributed by atoms with Crippen molar-refractivity contribution in [2.75, 3.05) is 6.61 Å². The number of aryl methyl sites for hydroxylation is 2. The van der Waals surface area contributed by atoms with Crippen molar-refractivity contribution in [1.82, 2.24) is 5.32 Å². The van der Waals surface area contributed by atoms with E-state index in [4.69, 9.17) is 4.74 Å². The van der Waals surface area contributed by atoms with Gasteiger partial charge in [0.1, 0.15) is 11.5 Å². The quantitative estimate of drug-likeness (QED) is 0.857. The van der Waals surface area contributed by atoms with Gasteiger partial charge in [-0.3, -0.25) is 4.79 Å². The molecule has 7 heteroatoms. The smallest absolute Gasteiger partial charge is 0.484 e. The molecule has 0 aliphatic rings. The van der Waals surface area contributed by atoms with Crippen LogP contribution in [0.4, 0.5) is 13.2 Å². The van der Waals surface area contributed by atoms with Gasteiger partial charge in [-0.15, -0.1) is 13.2 Å². The van der Waals surface area contributed by atoms with Gasteiger partial charge in [0.2, 0.25) is 0 Å². The van der Waals surface area contributed by atoms with Gasteiger partial charge in [0.05, 0.1) is 0 Å². The average molecular weight is 353 g/mol. The number of rotatable bonds is 6. The summed E-state index contributed by atoms with van der Waals surface area (Å²) in [5, 5.41) is 2.64. The molecule has 0 bridgehead atoms. The van der Waals surface area contributed by atoms with Gasteiger partial charge in [0.15, 0.2) is 6.61 Å². The summed E-state index contributed by atoms with van der Waals surface area (Å²) in [5.41, 5.74) is 2.72. The summed E-state index contributed by atoms with van der Waals surface area (Å²) in [6, 6.07) is 11.0. The Balaban J connectivity index is 1.79. The number of ether oxygens (including phenoxy) is 2. The van der Waals surface area contributed by atoms with Crippen molar-refractivity contribution in [2.24, 2.45) is 0 Å². The normalized spacial score (nSPS) is 11.1. The van der Waals surface area contributed by atoms with E-state index in [9.17, 15) is 18.0 Å². The largest absolute Gasteiger partial charge is 0.573 e. The standard InChI is InChI=1S/C18H18F3NO3/c1-12-7-13(2)9-16(8-12)24-11-17(23)22-10-14-3-5-15(6-4-14)25-18(19,20)21/h3-9H,10-11H2,1-2H3,(H,22,23). The molecule has 0 unspecified atom stereocenters. The van der Waals surface area contributed by atoms with Crippen molar-refractivity contribution in [3.8, 4) is 11.5 Å². The highest BCUT2D eigenvalue weighted by Gasteiger charge is 2.30. The first kappa shape index (κ1) is 18.6. The van der Waals surface area contributed by atoms with Crippen LogP contribution in [0.15, 0.2) is 42.5 Å². The van der Waals surface area contributed by atoms with Crippen molar-refractivity contribution < 1.29 is 27.4 Å². The Morgan fingerprint density at radius 3 is 2.16 bits per heavy atom. The molecule has 1 amide bonds. The first-order valence-electron chi connectivity index (χ1n) is 7.54. The van der Waals surface area contributed by atoms with E-state index in [2.05, 4.69) is 10.1 Å². The molecule has 134 valence electrons. The monoisotopic (exact) mass is 353 g/mol. The molecule has 0 aromatic heterocycles. The molecule has 0 fully saturated rings. The van der Waals surface area contributed by atoms with E-state index < -0.39 is 6.36 Å². The number of halogens is 3. The Hall–Kier alpha value is -2.70. The summed E-state index contributed by atoms with van der Waals surface area (Å²) in [4.78, 5) is 11.8. The summed E-state index contributed by atoms with van der Waals surface area (Å²) in [7, 11) is 0. The number of hydrogen-bond donors (Lipinski definition) is 1. The van der Waals surface area contributed by atoms with E-state index in [1.807, 2.05) is 32.0 Å². The zero-order valence-corrected chi connectivity index (χ0v) is 13.8. The first-order valence-corrected chi connectivity index (χ1v) is 7.54. The minimum Gasteiger partial charge on any atom is -0.484 e. The lowest BCUT2D eigenvalue weighted by atomic mass is 10.1. The van der Waals surface area contributed by atoms with Crippen LogP contribution in [0.5, 0.6) is 11.5 Å². The van der Waals surface area contributed by atoms with Gasteiger partial charge in [-0.1, -0.05) is 18.2 Å². The van der Waals surface area contributed by atoms with E-state index in [0.29, 0.717) is 11.3 Å². The molecule has 2 aromatic rings. The number of carbonyl (C=O) groups is 1. The molecule has 0 aliphatic carbocycles. The fraction of sp³-hybridized carbons (Fsp3) is 0.278. The van der Waals surface area contributed by atoms with Crippen molar-refractivity contribution >= 4 is 5.91 Å². The zero-order valence-electron chi connectivity index (χ0n) is 13.8. The Bertz CT molecular complexity index is 707. The number of carbonyl (C=O) groups excluding carboxylic acids is 1. The van der Waals surface area contributed by atoms with Gasteiger partial charge in [0.25, 0.3) is 5.91 Å². The average Bonchev–Trinajstić information content (AvgIpc) is 2.50. The number of nitrogens with one attached hydrogen (secondary N) is 1. The molecule has 2 rings (SSSR count). The number of amides is 1. The fourth-order valence-electron chi connectivity index (χ4n) is 2.23. The molecular formula is C18H18F3NO3. The van der Waals surface area contributed by atoms with Crippen LogP contribution >= 0.6 is 0 Å². The van der Waals surface area contributed by atoms with Gasteiger partial charge >= 0.3 is 6.36 Å². The lowest BCUT2D eigenvalue weighted by molar-refractivity contribution is -0.274. The van der Waals surface area contributed by atoms with Crippen molar-refractivity contribution in [1.29, 1.82) is 0 Å². The SMILES string of the molecule is Cc1cc(C)cc(OCC(=O)NCc2ccc(OC(F)(F)F)cc2)c1. The maximum atomic E-state index is 12.1. The fourth-order valence-corrected chi connectivity index (χ4v) is 2.23. The Morgan fingerprint density at radius 1 is 1.00 bits per heavy atom. The summed E-state index contributed by atoms with van der Waals surface area (Å²) >= 11 is 0. The van der Waals surface area contributed by atoms with E-state index in [0.717, 1.165) is 11.1 Å². The molecule has 0 heterocycles. The van der Waals surface area contributed by atoms with Crippen LogP contribution in [0.25, 0.3) is 0 Å². The predicted molar refractivity (Wildman–Crippen MR) is 86.4 cm³/mol. The maximum Gasteiger partial charge on any atom is 0.573 e. The topological polar surface area (TPSA) is 47.6 Å². The zero-order chi connectivity index (χ0) is 18.4. The van der Waals surface area contributed by atoms with Crippen LogP contribution in [0.3, 0.4) is 0 Å². The highest BCUT2D eigenvalue weighted by atomic mass is 19.4. The Labute approximate surface area is 143 Å². The molecule has 4 nitrogen and oxygen atoms in total. The van der Waals surface area contributed by atoms with Crippen LogP contribution in [0.1, 0.15) is 16.7 Å². The van der Waals surface area contributed by atoms with Crippen molar-refractivity contribution in [3.05, 3.63) is 59.2 Å². The van der Waals surface area contributed by atoms with Gasteiger partial charge in [0, 0.05) is 6.54 Å². The van der Waals surface area contributed by atoms with Crippen molar-refractivity contribution in [2.45, 2.75) is 26.8 Å². The van der Waals surface area contributed by atoms with Crippen LogP contribution in [-0.4, -0.2) is 18.9 Å². The maximum absolute atomic E-state index is 12.1. The summed E-state index contributed by atoms with van der Waals surface area (Å²) in [6.45, 7) is 3.91. The molecule has 0 atom stereocenters. The Morgan fingerprint density at radius 2 is 1.60 bits per heavy atom. The molecule has 2 aromatic carbocycles. The minimum absolute atomic E-state index is 0.141. The molecule has 0 saturated carbocycles. The molecule has 25 heavy (non-hydrogen) atoms. The van der Waals surface area contributed by atoms with Crippen molar-refractivity contribution in [3.63, 3.8) is 0 Å². The highest BCUT2D eigenvalue weighted by Crippen LogP contribution is 2.22. The second kappa shape index (κ2) is 7.92. The second-order valence-electron chi connectivity index (χ2n) is 5.58. The van der Waals surface area contributed by atoms with Gasteiger partial charge in [-0.25, -0.2) is 0 Å². The van der Waals surface area contributed by atoms with E-state index in [-0.39, 0.29) is 24.8 Å². The number of hydrogen-bond acceptors (Lipinski definition) is 3. The summed E-state index contributed by atoms with van der Waals surface area (Å²) in [6.07, 6.45) is -4.72. The minimum atomic E-state index is -4.72. The molecule has 1 N–H and O–H groups in total. The lowest BCUT2D eigenvalue weighted by Crippen LogP contribution is -2.28. The third-order valence-corrected chi connectivity index (χ3v) is 3.21. The molecular weight excluding hydrogens is 335 g/mol. The second-order valence-corrected chi connectivity index (χ2v) is 5.58. The van der Waals surface area contributed by atoms with Gasteiger partial charge < -0.3 is 14.8 Å². The molecule has 0 aliphatic heterocycles. The summed E-state index contributed by atoms with van der Waals surface area (Å²) in [5.74, 6) is -0.0168. The van der Waals surface area contributed by atoms with Gasteiger partial charge in [-0.2, -0.15) is 0 Å². The van der Waals surface area contributed by atoms with Gasteiger partial charge in [-0.05, 0) is 54.8 Å². The molecule has 0 spiro atoms. The Kier molecular flexibility index (Phi) is 5.90. The van der Waals surface area contributed by atoms with Crippen LogP contribution in [0.2, 0.25) is 0 Å². The highest BCUT2D eigenvalue weighted by molar-refractivity contribution is 5.77. The van der Waals surface area contributed by atoms with E-state index in [1.165, 1.54) is 24.3 Å². The van der Waals surface area contributed by atoms with Crippen LogP contribution in [-0.2, 0) is 11.3 Å². The number of alkyl halides is 3. The lowest BCUT2D eigenvalue weighted by Gasteiger charge is -2.10. The number of benzene rings is 2. The van der Waals surface area contributed by atoms with E-state index >= 15 is 0 Å².